The predicted octanol–water partition coefficient (Wildman–Crippen LogP) is -2.88. The summed E-state index contributed by atoms with van der Waals surface area (Å²) < 4.78 is 0. The van der Waals surface area contributed by atoms with E-state index in [1.807, 2.05) is 19.5 Å². The minimum Gasteiger partial charge on any atom is -0.332 e. The highest BCUT2D eigenvalue weighted by Crippen LogP contribution is 1.45. The first kappa shape index (κ1) is 7.39. The fourth-order valence-electron chi connectivity index (χ4n) is 0.372. The first-order valence-corrected chi connectivity index (χ1v) is 2.45. The molecule has 0 aromatic carbocycles. The Morgan fingerprint density at radius 1 is 1.75 bits per heavy atom. The molecule has 4 N–H and O–H groups in total. The van der Waals surface area contributed by atoms with Gasteiger partial charge in [0, 0.05) is 0 Å². The molecule has 4 heteroatoms. The molecule has 0 aromatic rings. The molecule has 8 heavy (non-hydrogen) atoms. The van der Waals surface area contributed by atoms with E-state index in [4.69, 9.17) is 5.84 Å². The molecule has 0 atom stereocenters. The van der Waals surface area contributed by atoms with Crippen LogP contribution in [-0.2, 0) is 4.79 Å². The van der Waals surface area contributed by atoms with E-state index < -0.39 is 0 Å². The molecule has 0 aliphatic carbocycles. The average molecular weight is 118 g/mol. The number of rotatable bonds is 2. The maximum Gasteiger partial charge on any atom is 0.289 e. The van der Waals surface area contributed by atoms with Gasteiger partial charge in [-0.1, -0.05) is 0 Å². The molecule has 0 aromatic heterocycles. The smallest absolute Gasteiger partial charge is 0.289 e. The summed E-state index contributed by atoms with van der Waals surface area (Å²) in [6.07, 6.45) is 0. The number of likely N-dealkylation sites (N-methyl/N-ethyl adjacent to an activating group) is 1. The number of hydrazine groups is 1. The molecule has 0 unspecified atom stereocenters. The van der Waals surface area contributed by atoms with Crippen LogP contribution in [0.3, 0.4) is 0 Å². The monoisotopic (exact) mass is 118 g/mol. The van der Waals surface area contributed by atoms with Crippen LogP contribution >= 0.6 is 0 Å². The van der Waals surface area contributed by atoms with Crippen molar-refractivity contribution >= 4 is 5.91 Å². The van der Waals surface area contributed by atoms with E-state index in [2.05, 4.69) is 0 Å². The Bertz CT molecular complexity index is 81.4. The normalized spacial score (nSPS) is 9.50. The maximum absolute atomic E-state index is 10.4. The Labute approximate surface area is 48.6 Å². The SMILES string of the molecule is C[NH+](C)CC(=O)NN. The Morgan fingerprint density at radius 3 is 2.38 bits per heavy atom. The van der Waals surface area contributed by atoms with Gasteiger partial charge in [-0.2, -0.15) is 0 Å². The van der Waals surface area contributed by atoms with Crippen LogP contribution in [0.2, 0.25) is 0 Å². The summed E-state index contributed by atoms with van der Waals surface area (Å²) in [4.78, 5) is 11.4. The number of carbonyl (C=O) groups is 1. The highest BCUT2D eigenvalue weighted by Gasteiger charge is 2.00. The van der Waals surface area contributed by atoms with Gasteiger partial charge in [0.25, 0.3) is 5.91 Å². The highest BCUT2D eigenvalue weighted by atomic mass is 16.2. The lowest BCUT2D eigenvalue weighted by Gasteiger charge is -2.03. The van der Waals surface area contributed by atoms with Crippen molar-refractivity contribution in [2.45, 2.75) is 0 Å². The number of nitrogens with two attached hydrogens (primary N) is 1. The molecule has 0 radical (unpaired) electrons. The molecule has 4 nitrogen and oxygen atoms in total. The van der Waals surface area contributed by atoms with E-state index in [9.17, 15) is 4.79 Å². The van der Waals surface area contributed by atoms with E-state index in [0.29, 0.717) is 6.54 Å². The zero-order valence-corrected chi connectivity index (χ0v) is 5.19. The Balaban J connectivity index is 3.25. The van der Waals surface area contributed by atoms with Crippen LogP contribution in [0.4, 0.5) is 0 Å². The summed E-state index contributed by atoms with van der Waals surface area (Å²) in [5.74, 6) is 4.67. The van der Waals surface area contributed by atoms with Gasteiger partial charge >= 0.3 is 0 Å². The molecular formula is C4H12N3O+. The third-order valence-corrected chi connectivity index (χ3v) is 0.675. The van der Waals surface area contributed by atoms with Crippen LogP contribution in [0, 0.1) is 0 Å². The highest BCUT2D eigenvalue weighted by molar-refractivity contribution is 5.75. The van der Waals surface area contributed by atoms with Crippen LogP contribution in [0.25, 0.3) is 0 Å². The van der Waals surface area contributed by atoms with Gasteiger partial charge in [0.15, 0.2) is 6.54 Å². The lowest BCUT2D eigenvalue weighted by Crippen LogP contribution is -3.07. The van der Waals surface area contributed by atoms with Crippen molar-refractivity contribution in [1.82, 2.24) is 5.43 Å². The van der Waals surface area contributed by atoms with Crippen molar-refractivity contribution in [3.05, 3.63) is 0 Å². The van der Waals surface area contributed by atoms with Crippen molar-refractivity contribution in [2.24, 2.45) is 5.84 Å². The lowest BCUT2D eigenvalue weighted by molar-refractivity contribution is -0.849. The van der Waals surface area contributed by atoms with Gasteiger partial charge < -0.3 is 4.90 Å². The fourth-order valence-corrected chi connectivity index (χ4v) is 0.372. The van der Waals surface area contributed by atoms with Gasteiger partial charge in [-0.3, -0.25) is 10.2 Å². The lowest BCUT2D eigenvalue weighted by atomic mass is 10.6. The van der Waals surface area contributed by atoms with Crippen molar-refractivity contribution in [3.63, 3.8) is 0 Å². The fraction of sp³-hybridized carbons (Fsp3) is 0.750. The van der Waals surface area contributed by atoms with Crippen LogP contribution < -0.4 is 16.2 Å². The van der Waals surface area contributed by atoms with Gasteiger partial charge in [0.05, 0.1) is 14.1 Å². The van der Waals surface area contributed by atoms with Gasteiger partial charge in [-0.15, -0.1) is 0 Å². The molecule has 0 bridgehead atoms. The molecule has 0 rings (SSSR count). The number of carbonyl (C=O) groups excluding carboxylic acids is 1. The van der Waals surface area contributed by atoms with Crippen molar-refractivity contribution in [2.75, 3.05) is 20.6 Å². The Morgan fingerprint density at radius 2 is 2.25 bits per heavy atom. The molecule has 0 aliphatic heterocycles. The van der Waals surface area contributed by atoms with Gasteiger partial charge in [0.1, 0.15) is 0 Å². The molecule has 0 fully saturated rings. The summed E-state index contributed by atoms with van der Waals surface area (Å²) in [6, 6.07) is 0. The summed E-state index contributed by atoms with van der Waals surface area (Å²) in [6.45, 7) is 0.427. The molecule has 48 valence electrons. The van der Waals surface area contributed by atoms with Crippen LogP contribution in [0.1, 0.15) is 0 Å². The zero-order chi connectivity index (χ0) is 6.57. The van der Waals surface area contributed by atoms with Crippen molar-refractivity contribution < 1.29 is 9.69 Å². The predicted molar refractivity (Wildman–Crippen MR) is 30.0 cm³/mol. The molecule has 0 aliphatic rings. The summed E-state index contributed by atoms with van der Waals surface area (Å²) in [5, 5.41) is 0. The molecule has 1 amide bonds. The summed E-state index contributed by atoms with van der Waals surface area (Å²) in [5.41, 5.74) is 2.04. The maximum atomic E-state index is 10.4. The number of hydrogen-bond donors (Lipinski definition) is 3. The standard InChI is InChI=1S/C4H11N3O/c1-7(2)3-4(8)6-5/h3,5H2,1-2H3,(H,6,8)/p+1. The minimum absolute atomic E-state index is 0.134. The van der Waals surface area contributed by atoms with E-state index in [1.165, 1.54) is 0 Å². The van der Waals surface area contributed by atoms with Crippen molar-refractivity contribution in [1.29, 1.82) is 0 Å². The van der Waals surface area contributed by atoms with Crippen LogP contribution in [-0.4, -0.2) is 26.5 Å². The van der Waals surface area contributed by atoms with Gasteiger partial charge in [-0.25, -0.2) is 5.84 Å². The van der Waals surface area contributed by atoms with E-state index >= 15 is 0 Å². The molecule has 0 saturated heterocycles. The van der Waals surface area contributed by atoms with Gasteiger partial charge in [-0.05, 0) is 0 Å². The summed E-state index contributed by atoms with van der Waals surface area (Å²) >= 11 is 0. The number of quaternary nitrogens is 1. The van der Waals surface area contributed by atoms with E-state index in [0.717, 1.165) is 4.90 Å². The second-order valence-electron chi connectivity index (χ2n) is 1.95. The number of hydrogen-bond acceptors (Lipinski definition) is 2. The van der Waals surface area contributed by atoms with Crippen LogP contribution in [0.5, 0.6) is 0 Å². The van der Waals surface area contributed by atoms with Crippen molar-refractivity contribution in [3.8, 4) is 0 Å². The second kappa shape index (κ2) is 3.40. The largest absolute Gasteiger partial charge is 0.332 e. The number of nitrogens with one attached hydrogen (secondary N) is 2. The topological polar surface area (TPSA) is 59.6 Å². The third kappa shape index (κ3) is 3.58. The summed E-state index contributed by atoms with van der Waals surface area (Å²) in [7, 11) is 3.77. The molecule has 0 saturated carbocycles. The quantitative estimate of drug-likeness (QED) is 0.207. The van der Waals surface area contributed by atoms with E-state index in [1.54, 1.807) is 0 Å². The average Bonchev–Trinajstić information content (AvgIpc) is 1.65. The zero-order valence-electron chi connectivity index (χ0n) is 5.19. The third-order valence-electron chi connectivity index (χ3n) is 0.675. The van der Waals surface area contributed by atoms with E-state index in [-0.39, 0.29) is 5.91 Å². The Hall–Kier alpha value is -0.610. The first-order valence-electron chi connectivity index (χ1n) is 2.45. The van der Waals surface area contributed by atoms with Crippen LogP contribution in [0.15, 0.2) is 0 Å². The first-order chi connectivity index (χ1) is 3.66. The minimum atomic E-state index is -0.134. The Kier molecular flexibility index (Phi) is 3.14. The molecular weight excluding hydrogens is 106 g/mol. The molecule has 0 spiro atoms. The second-order valence-corrected chi connectivity index (χ2v) is 1.95. The number of amides is 1. The molecule has 0 heterocycles. The van der Waals surface area contributed by atoms with Gasteiger partial charge in [0.2, 0.25) is 0 Å².